The van der Waals surface area contributed by atoms with E-state index in [1.54, 1.807) is 17.7 Å². The van der Waals surface area contributed by atoms with Gasteiger partial charge < -0.3 is 0 Å². The van der Waals surface area contributed by atoms with Crippen LogP contribution in [0.1, 0.15) is 64.2 Å². The molecule has 2 amide bonds. The highest BCUT2D eigenvalue weighted by Crippen LogP contribution is 2.40. The fourth-order valence-corrected chi connectivity index (χ4v) is 7.15. The molecule has 6 rings (SSSR count). The minimum Gasteiger partial charge on any atom is -0.299 e. The number of carbonyl (C=O) groups is 2. The van der Waals surface area contributed by atoms with Crippen LogP contribution in [-0.4, -0.2) is 50.7 Å². The summed E-state index contributed by atoms with van der Waals surface area (Å²) in [5.41, 5.74) is 4.89. The van der Waals surface area contributed by atoms with Crippen molar-refractivity contribution in [3.05, 3.63) is 57.9 Å². The number of thiophene rings is 1. The minimum absolute atomic E-state index is 0.131. The number of aromatic nitrogens is 2. The second-order valence-corrected chi connectivity index (χ2v) is 11.7. The Balaban J connectivity index is 1.11. The summed E-state index contributed by atoms with van der Waals surface area (Å²) in [5.74, 6) is 0.101. The van der Waals surface area contributed by atoms with Gasteiger partial charge in [-0.15, -0.1) is 11.3 Å². The van der Waals surface area contributed by atoms with Crippen molar-refractivity contribution in [1.82, 2.24) is 25.1 Å². The highest BCUT2D eigenvalue weighted by molar-refractivity contribution is 7.80. The Morgan fingerprint density at radius 1 is 1.14 bits per heavy atom. The number of benzene rings is 1. The lowest BCUT2D eigenvalue weighted by Gasteiger charge is -2.32. The molecule has 0 bridgehead atoms. The lowest BCUT2D eigenvalue weighted by molar-refractivity contribution is -0.137. The van der Waals surface area contributed by atoms with Gasteiger partial charge in [-0.25, -0.2) is 9.97 Å². The molecular weight excluding hydrogens is 478 g/mol. The average molecular weight is 508 g/mol. The minimum atomic E-state index is -0.301. The lowest BCUT2D eigenvalue weighted by atomic mass is 9.91. The number of hydrogen-bond donors (Lipinski definition) is 2. The zero-order valence-electron chi connectivity index (χ0n) is 19.7. The standard InChI is InChI=1S/C26H29N5O2S2/c1-15-10-20-23(27-14-28-25(20)35-15)17-6-8-30(9-7-17)12-16-2-3-18-13-31(26(34)19(18)11-16)21-4-5-22(32)29-24(21)33/h2-3,10-11,14,17,21,26,34H,4-9,12-13H2,1H3,(H,29,32,33). The molecule has 0 saturated carbocycles. The van der Waals surface area contributed by atoms with E-state index >= 15 is 0 Å². The Labute approximate surface area is 214 Å². The Hall–Kier alpha value is -2.33. The molecule has 3 aliphatic heterocycles. The number of hydrogen-bond acceptors (Lipinski definition) is 8. The van der Waals surface area contributed by atoms with Gasteiger partial charge in [0.1, 0.15) is 11.2 Å². The van der Waals surface area contributed by atoms with Crippen molar-refractivity contribution in [2.45, 2.75) is 63.0 Å². The van der Waals surface area contributed by atoms with Crippen LogP contribution in [0.5, 0.6) is 0 Å². The second-order valence-electron chi connectivity index (χ2n) is 9.93. The largest absolute Gasteiger partial charge is 0.299 e. The Morgan fingerprint density at radius 3 is 2.77 bits per heavy atom. The number of nitrogens with zero attached hydrogens (tertiary/aromatic N) is 4. The van der Waals surface area contributed by atoms with Gasteiger partial charge in [0.2, 0.25) is 11.8 Å². The molecule has 0 radical (unpaired) electrons. The molecular formula is C26H29N5O2S2. The molecule has 35 heavy (non-hydrogen) atoms. The van der Waals surface area contributed by atoms with Crippen molar-refractivity contribution in [2.24, 2.45) is 0 Å². The maximum Gasteiger partial charge on any atom is 0.243 e. The van der Waals surface area contributed by atoms with Crippen LogP contribution in [-0.2, 0) is 22.7 Å². The Bertz CT molecular complexity index is 1300. The van der Waals surface area contributed by atoms with E-state index in [0.29, 0.717) is 25.3 Å². The highest BCUT2D eigenvalue weighted by atomic mass is 32.1. The van der Waals surface area contributed by atoms with Crippen LogP contribution in [0.25, 0.3) is 10.2 Å². The van der Waals surface area contributed by atoms with Crippen LogP contribution in [0.15, 0.2) is 30.6 Å². The van der Waals surface area contributed by atoms with Crippen molar-refractivity contribution >= 4 is 46.0 Å². The van der Waals surface area contributed by atoms with Crippen LogP contribution in [0, 0.1) is 6.92 Å². The Kier molecular flexibility index (Phi) is 6.12. The van der Waals surface area contributed by atoms with Gasteiger partial charge in [0.25, 0.3) is 0 Å². The van der Waals surface area contributed by atoms with Gasteiger partial charge in [-0.2, -0.15) is 12.6 Å². The van der Waals surface area contributed by atoms with Gasteiger partial charge in [-0.05, 0) is 62.0 Å². The number of rotatable bonds is 4. The number of imide groups is 1. The fourth-order valence-electron chi connectivity index (χ4n) is 5.81. The molecule has 3 aromatic rings. The zero-order chi connectivity index (χ0) is 24.1. The number of piperidine rings is 2. The van der Waals surface area contributed by atoms with Gasteiger partial charge in [-0.1, -0.05) is 18.2 Å². The predicted octanol–water partition coefficient (Wildman–Crippen LogP) is 3.93. The molecule has 1 aromatic carbocycles. The molecule has 3 aliphatic rings. The number of amides is 2. The quantitative estimate of drug-likeness (QED) is 0.412. The van der Waals surface area contributed by atoms with Crippen LogP contribution in [0.3, 0.4) is 0 Å². The average Bonchev–Trinajstić information content (AvgIpc) is 3.38. The summed E-state index contributed by atoms with van der Waals surface area (Å²) in [4.78, 5) is 40.1. The molecule has 2 fully saturated rings. The number of fused-ring (bicyclic) bond motifs is 2. The van der Waals surface area contributed by atoms with E-state index in [2.05, 4.69) is 56.3 Å². The number of nitrogens with one attached hydrogen (secondary N) is 1. The van der Waals surface area contributed by atoms with E-state index in [9.17, 15) is 9.59 Å². The van der Waals surface area contributed by atoms with Crippen LogP contribution >= 0.6 is 24.0 Å². The maximum atomic E-state index is 12.4. The van der Waals surface area contributed by atoms with Crippen molar-refractivity contribution in [3.8, 4) is 0 Å². The van der Waals surface area contributed by atoms with Crippen molar-refractivity contribution in [1.29, 1.82) is 0 Å². The van der Waals surface area contributed by atoms with Gasteiger partial charge >= 0.3 is 0 Å². The predicted molar refractivity (Wildman–Crippen MR) is 139 cm³/mol. The molecule has 7 nitrogen and oxygen atoms in total. The number of carbonyl (C=O) groups excluding carboxylic acids is 2. The molecule has 2 unspecified atom stereocenters. The third kappa shape index (κ3) is 4.39. The molecule has 9 heteroatoms. The summed E-state index contributed by atoms with van der Waals surface area (Å²) >= 11 is 6.62. The summed E-state index contributed by atoms with van der Waals surface area (Å²) in [6.07, 6.45) is 4.87. The van der Waals surface area contributed by atoms with E-state index in [4.69, 9.17) is 12.6 Å². The Morgan fingerprint density at radius 2 is 1.97 bits per heavy atom. The van der Waals surface area contributed by atoms with E-state index in [1.807, 2.05) is 0 Å². The van der Waals surface area contributed by atoms with E-state index in [-0.39, 0.29) is 23.2 Å². The number of likely N-dealkylation sites (tertiary alicyclic amines) is 1. The lowest BCUT2D eigenvalue weighted by Crippen LogP contribution is -2.51. The summed E-state index contributed by atoms with van der Waals surface area (Å²) in [5, 5.41) is 3.58. The van der Waals surface area contributed by atoms with Crippen molar-refractivity contribution in [2.75, 3.05) is 13.1 Å². The first-order valence-corrected chi connectivity index (χ1v) is 13.6. The molecule has 1 N–H and O–H groups in total. The summed E-state index contributed by atoms with van der Waals surface area (Å²) < 4.78 is 0. The summed E-state index contributed by atoms with van der Waals surface area (Å²) in [7, 11) is 0. The zero-order valence-corrected chi connectivity index (χ0v) is 21.4. The molecule has 5 heterocycles. The highest BCUT2D eigenvalue weighted by Gasteiger charge is 2.39. The second kappa shape index (κ2) is 9.28. The molecule has 2 aromatic heterocycles. The first-order chi connectivity index (χ1) is 17.0. The topological polar surface area (TPSA) is 78.4 Å². The van der Waals surface area contributed by atoms with Gasteiger partial charge in [-0.3, -0.25) is 24.7 Å². The normalized spacial score (nSPS) is 24.2. The van der Waals surface area contributed by atoms with E-state index < -0.39 is 0 Å². The van der Waals surface area contributed by atoms with Crippen LogP contribution in [0.2, 0.25) is 0 Å². The van der Waals surface area contributed by atoms with Gasteiger partial charge in [0, 0.05) is 35.7 Å². The first-order valence-electron chi connectivity index (χ1n) is 12.3. The molecule has 182 valence electrons. The molecule has 2 saturated heterocycles. The van der Waals surface area contributed by atoms with Crippen LogP contribution < -0.4 is 5.32 Å². The third-order valence-corrected chi connectivity index (χ3v) is 9.16. The monoisotopic (exact) mass is 507 g/mol. The van der Waals surface area contributed by atoms with E-state index in [0.717, 1.165) is 37.3 Å². The summed E-state index contributed by atoms with van der Waals surface area (Å²) in [6, 6.07) is 8.58. The van der Waals surface area contributed by atoms with Gasteiger partial charge in [0.05, 0.1) is 17.1 Å². The van der Waals surface area contributed by atoms with Gasteiger partial charge in [0.15, 0.2) is 0 Å². The summed E-state index contributed by atoms with van der Waals surface area (Å²) in [6.45, 7) is 5.83. The molecule has 0 spiro atoms. The molecule has 0 aliphatic carbocycles. The van der Waals surface area contributed by atoms with Crippen LogP contribution in [0.4, 0.5) is 0 Å². The van der Waals surface area contributed by atoms with Crippen molar-refractivity contribution < 1.29 is 9.59 Å². The number of aryl methyl sites for hydroxylation is 1. The first kappa shape index (κ1) is 23.1. The van der Waals surface area contributed by atoms with E-state index in [1.165, 1.54) is 32.6 Å². The van der Waals surface area contributed by atoms with Crippen molar-refractivity contribution in [3.63, 3.8) is 0 Å². The fraction of sp³-hybridized carbons (Fsp3) is 0.462. The molecule has 2 atom stereocenters. The number of thiol groups is 1. The third-order valence-electron chi connectivity index (χ3n) is 7.63. The maximum absolute atomic E-state index is 12.4. The SMILES string of the molecule is Cc1cc2c(C3CCN(Cc4ccc5c(c4)C(S)N(C4CCC(=O)NC4=O)C5)CC3)ncnc2s1. The smallest absolute Gasteiger partial charge is 0.243 e.